The molecule has 0 radical (unpaired) electrons. The predicted molar refractivity (Wildman–Crippen MR) is 94.1 cm³/mol. The molecule has 1 aromatic heterocycles. The fraction of sp³-hybridized carbons (Fsp3) is 0.0588. The smallest absolute Gasteiger partial charge is 0.175 e. The summed E-state index contributed by atoms with van der Waals surface area (Å²) in [6.07, 6.45) is 3.73. The summed E-state index contributed by atoms with van der Waals surface area (Å²) in [5.74, 6) is 0. The predicted octanol–water partition coefficient (Wildman–Crippen LogP) is 3.74. The average Bonchev–Trinajstić information content (AvgIpc) is 3.03. The fourth-order valence-corrected chi connectivity index (χ4v) is 2.33. The maximum atomic E-state index is 5.31. The second kappa shape index (κ2) is 6.87. The van der Waals surface area contributed by atoms with Gasteiger partial charge < -0.3 is 10.6 Å². The van der Waals surface area contributed by atoms with Crippen molar-refractivity contribution >= 4 is 28.7 Å². The summed E-state index contributed by atoms with van der Waals surface area (Å²) in [4.78, 5) is 0. The first-order chi connectivity index (χ1) is 10.8. The van der Waals surface area contributed by atoms with Crippen molar-refractivity contribution < 1.29 is 0 Å². The minimum absolute atomic E-state index is 0.575. The number of nitrogens with zero attached hydrogens (tertiary/aromatic N) is 2. The van der Waals surface area contributed by atoms with Crippen molar-refractivity contribution in [2.45, 2.75) is 6.54 Å². The molecule has 3 rings (SSSR count). The molecular formula is C17H16N4S. The van der Waals surface area contributed by atoms with E-state index in [0.29, 0.717) is 5.11 Å². The van der Waals surface area contributed by atoms with Crippen molar-refractivity contribution in [1.29, 1.82) is 0 Å². The highest BCUT2D eigenvalue weighted by Crippen LogP contribution is 2.12. The summed E-state index contributed by atoms with van der Waals surface area (Å²) in [5.41, 5.74) is 3.11. The van der Waals surface area contributed by atoms with Crippen LogP contribution < -0.4 is 10.6 Å². The van der Waals surface area contributed by atoms with Crippen LogP contribution in [0.1, 0.15) is 5.56 Å². The minimum atomic E-state index is 0.575. The Morgan fingerprint density at radius 1 is 0.909 bits per heavy atom. The average molecular weight is 308 g/mol. The lowest BCUT2D eigenvalue weighted by atomic mass is 10.2. The number of thiocarbonyl (C=S) groups is 1. The number of nitrogens with one attached hydrogen (secondary N) is 2. The normalized spacial score (nSPS) is 10.2. The van der Waals surface area contributed by atoms with Crippen molar-refractivity contribution in [2.24, 2.45) is 0 Å². The molecule has 0 aliphatic carbocycles. The first-order valence-electron chi connectivity index (χ1n) is 6.99. The highest BCUT2D eigenvalue weighted by Gasteiger charge is 2.00. The van der Waals surface area contributed by atoms with Gasteiger partial charge in [-0.3, -0.25) is 4.68 Å². The topological polar surface area (TPSA) is 41.9 Å². The van der Waals surface area contributed by atoms with Crippen LogP contribution in [0.4, 0.5) is 11.4 Å². The van der Waals surface area contributed by atoms with Gasteiger partial charge in [0.05, 0.1) is 6.54 Å². The van der Waals surface area contributed by atoms with Gasteiger partial charge in [0.1, 0.15) is 0 Å². The molecule has 4 nitrogen and oxygen atoms in total. The molecule has 0 unspecified atom stereocenters. The van der Waals surface area contributed by atoms with E-state index in [-0.39, 0.29) is 0 Å². The van der Waals surface area contributed by atoms with Gasteiger partial charge in [-0.05, 0) is 48.1 Å². The number of para-hydroxylation sites is 1. The van der Waals surface area contributed by atoms with Crippen molar-refractivity contribution in [3.8, 4) is 0 Å². The third-order valence-electron chi connectivity index (χ3n) is 3.15. The summed E-state index contributed by atoms with van der Waals surface area (Å²) in [6.45, 7) is 0.764. The van der Waals surface area contributed by atoms with Crippen molar-refractivity contribution in [3.05, 3.63) is 78.6 Å². The van der Waals surface area contributed by atoms with Gasteiger partial charge in [0.15, 0.2) is 5.11 Å². The monoisotopic (exact) mass is 308 g/mol. The molecule has 110 valence electrons. The SMILES string of the molecule is S=C(Nc1ccccc1)Nc1ccc(Cn2cccn2)cc1. The van der Waals surface area contributed by atoms with E-state index in [1.807, 2.05) is 59.4 Å². The molecule has 2 N–H and O–H groups in total. The lowest BCUT2D eigenvalue weighted by molar-refractivity contribution is 0.687. The second-order valence-corrected chi connectivity index (χ2v) is 5.25. The number of hydrogen-bond donors (Lipinski definition) is 2. The molecule has 0 saturated heterocycles. The Labute approximate surface area is 134 Å². The van der Waals surface area contributed by atoms with Crippen molar-refractivity contribution in [2.75, 3.05) is 10.6 Å². The molecule has 1 heterocycles. The maximum absolute atomic E-state index is 5.31. The summed E-state index contributed by atoms with van der Waals surface area (Å²) in [7, 11) is 0. The molecule has 0 amide bonds. The molecule has 0 fully saturated rings. The van der Waals surface area contributed by atoms with Crippen molar-refractivity contribution in [1.82, 2.24) is 9.78 Å². The van der Waals surface area contributed by atoms with E-state index in [0.717, 1.165) is 17.9 Å². The summed E-state index contributed by atoms with van der Waals surface area (Å²) < 4.78 is 1.89. The van der Waals surface area contributed by atoms with Gasteiger partial charge in [-0.1, -0.05) is 30.3 Å². The van der Waals surface area contributed by atoms with Gasteiger partial charge in [0.25, 0.3) is 0 Å². The van der Waals surface area contributed by atoms with Gasteiger partial charge >= 0.3 is 0 Å². The standard InChI is InChI=1S/C17H16N4S/c22-17(19-15-5-2-1-3-6-15)20-16-9-7-14(8-10-16)13-21-12-4-11-18-21/h1-12H,13H2,(H2,19,20,22). The molecule has 0 saturated carbocycles. The third kappa shape index (κ3) is 3.93. The Balaban J connectivity index is 1.57. The summed E-state index contributed by atoms with van der Waals surface area (Å²) in [5, 5.41) is 11.1. The van der Waals surface area contributed by atoms with Gasteiger partial charge in [-0.2, -0.15) is 5.10 Å². The molecule has 0 bridgehead atoms. The van der Waals surface area contributed by atoms with Crippen LogP contribution in [0.25, 0.3) is 0 Å². The molecule has 2 aromatic carbocycles. The Bertz CT molecular complexity index is 721. The number of hydrogen-bond acceptors (Lipinski definition) is 2. The van der Waals surface area contributed by atoms with Crippen molar-refractivity contribution in [3.63, 3.8) is 0 Å². The first kappa shape index (κ1) is 14.3. The molecular weight excluding hydrogens is 292 g/mol. The van der Waals surface area contributed by atoms with E-state index in [2.05, 4.69) is 27.9 Å². The molecule has 0 aliphatic heterocycles. The summed E-state index contributed by atoms with van der Waals surface area (Å²) >= 11 is 5.31. The largest absolute Gasteiger partial charge is 0.332 e. The van der Waals surface area contributed by atoms with Crippen LogP contribution >= 0.6 is 12.2 Å². The zero-order valence-electron chi connectivity index (χ0n) is 11.9. The second-order valence-electron chi connectivity index (χ2n) is 4.85. The molecule has 0 atom stereocenters. The molecule has 5 heteroatoms. The minimum Gasteiger partial charge on any atom is -0.332 e. The molecule has 3 aromatic rings. The van der Waals surface area contributed by atoms with E-state index >= 15 is 0 Å². The summed E-state index contributed by atoms with van der Waals surface area (Å²) in [6, 6.07) is 19.9. The van der Waals surface area contributed by atoms with Crippen LogP contribution in [0.5, 0.6) is 0 Å². The van der Waals surface area contributed by atoms with E-state index in [1.54, 1.807) is 6.20 Å². The van der Waals surface area contributed by atoms with E-state index < -0.39 is 0 Å². The molecule has 22 heavy (non-hydrogen) atoms. The Morgan fingerprint density at radius 3 is 2.23 bits per heavy atom. The van der Waals surface area contributed by atoms with Gasteiger partial charge in [0, 0.05) is 23.8 Å². The van der Waals surface area contributed by atoms with Crippen LogP contribution in [0.3, 0.4) is 0 Å². The zero-order chi connectivity index (χ0) is 15.2. The number of anilines is 2. The highest BCUT2D eigenvalue weighted by molar-refractivity contribution is 7.80. The fourth-order valence-electron chi connectivity index (χ4n) is 2.09. The Kier molecular flexibility index (Phi) is 4.46. The van der Waals surface area contributed by atoms with Gasteiger partial charge in [-0.15, -0.1) is 0 Å². The van der Waals surface area contributed by atoms with Gasteiger partial charge in [-0.25, -0.2) is 0 Å². The molecule has 0 spiro atoms. The first-order valence-corrected chi connectivity index (χ1v) is 7.40. The van der Waals surface area contributed by atoms with Gasteiger partial charge in [0.2, 0.25) is 0 Å². The highest BCUT2D eigenvalue weighted by atomic mass is 32.1. The maximum Gasteiger partial charge on any atom is 0.175 e. The van der Waals surface area contributed by atoms with E-state index in [9.17, 15) is 0 Å². The van der Waals surface area contributed by atoms with Crippen LogP contribution in [0.2, 0.25) is 0 Å². The number of rotatable bonds is 4. The number of benzene rings is 2. The van der Waals surface area contributed by atoms with E-state index in [4.69, 9.17) is 12.2 Å². The Hall–Kier alpha value is -2.66. The van der Waals surface area contributed by atoms with Crippen LogP contribution in [0.15, 0.2) is 73.1 Å². The third-order valence-corrected chi connectivity index (χ3v) is 3.35. The Morgan fingerprint density at radius 2 is 1.59 bits per heavy atom. The van der Waals surface area contributed by atoms with Crippen LogP contribution in [0, 0.1) is 0 Å². The quantitative estimate of drug-likeness (QED) is 0.721. The van der Waals surface area contributed by atoms with E-state index in [1.165, 1.54) is 5.56 Å². The van der Waals surface area contributed by atoms with Crippen LogP contribution in [-0.4, -0.2) is 14.9 Å². The molecule has 0 aliphatic rings. The lowest BCUT2D eigenvalue weighted by Gasteiger charge is -2.11. The van der Waals surface area contributed by atoms with Crippen LogP contribution in [-0.2, 0) is 6.54 Å². The number of aromatic nitrogens is 2. The lowest BCUT2D eigenvalue weighted by Crippen LogP contribution is -2.18. The zero-order valence-corrected chi connectivity index (χ0v) is 12.8.